The summed E-state index contributed by atoms with van der Waals surface area (Å²) < 4.78 is 15.2. The Balaban J connectivity index is 1.53. The largest absolute Gasteiger partial charge is 0.508 e. The molecule has 4 aliphatic carbocycles. The SMILES string of the molecule is NC(=O)C1=C(O)[C@@]2(O)C(=O)C3=C(O)c4c(O)c(NC(=O)CNC5CCCC5)cc(F)c4C[C@H]3C[C@H]2[C@H](N)C1=O. The van der Waals surface area contributed by atoms with Gasteiger partial charge in [0.1, 0.15) is 22.9 Å². The van der Waals surface area contributed by atoms with E-state index in [0.29, 0.717) is 0 Å². The third kappa shape index (κ3) is 3.99. The van der Waals surface area contributed by atoms with Crippen molar-refractivity contribution in [1.29, 1.82) is 0 Å². The van der Waals surface area contributed by atoms with E-state index in [1.807, 2.05) is 0 Å². The van der Waals surface area contributed by atoms with Gasteiger partial charge in [-0.25, -0.2) is 4.39 Å². The fourth-order valence-electron chi connectivity index (χ4n) is 6.40. The van der Waals surface area contributed by atoms with Crippen molar-refractivity contribution < 1.29 is 44.0 Å². The number of phenolic OH excluding ortho intramolecular Hbond substituents is 1. The summed E-state index contributed by atoms with van der Waals surface area (Å²) in [4.78, 5) is 50.5. The number of fused-ring (bicyclic) bond motifs is 3. The first kappa shape index (κ1) is 26.8. The summed E-state index contributed by atoms with van der Waals surface area (Å²) in [7, 11) is 0. The molecular formula is C26H29FN4O8. The Morgan fingerprint density at radius 3 is 2.46 bits per heavy atom. The van der Waals surface area contributed by atoms with E-state index in [1.54, 1.807) is 0 Å². The number of Topliss-reactive ketones (excluding diaryl/α,β-unsaturated/α-hetero) is 2. The van der Waals surface area contributed by atoms with Crippen molar-refractivity contribution in [3.8, 4) is 5.75 Å². The number of nitrogens with one attached hydrogen (secondary N) is 2. The van der Waals surface area contributed by atoms with Gasteiger partial charge >= 0.3 is 0 Å². The molecule has 0 saturated heterocycles. The number of benzene rings is 1. The van der Waals surface area contributed by atoms with Crippen molar-refractivity contribution in [1.82, 2.24) is 5.32 Å². The van der Waals surface area contributed by atoms with Crippen molar-refractivity contribution >= 4 is 34.8 Å². The molecule has 1 aromatic carbocycles. The summed E-state index contributed by atoms with van der Waals surface area (Å²) in [5.74, 6) is -10.3. The minimum absolute atomic E-state index is 0.0857. The zero-order valence-corrected chi connectivity index (χ0v) is 20.8. The molecule has 0 aliphatic heterocycles. The Bertz CT molecular complexity index is 1380. The lowest BCUT2D eigenvalue weighted by atomic mass is 9.58. The smallest absolute Gasteiger partial charge is 0.255 e. The topological polar surface area (TPSA) is 225 Å². The number of hydrogen-bond acceptors (Lipinski definition) is 10. The first-order valence-electron chi connectivity index (χ1n) is 12.7. The van der Waals surface area contributed by atoms with Gasteiger partial charge in [0.2, 0.25) is 11.7 Å². The molecule has 4 aliphatic rings. The Kier molecular flexibility index (Phi) is 6.48. The van der Waals surface area contributed by atoms with Gasteiger partial charge in [0, 0.05) is 29.2 Å². The maximum absolute atomic E-state index is 15.2. The first-order chi connectivity index (χ1) is 18.4. The molecule has 0 spiro atoms. The summed E-state index contributed by atoms with van der Waals surface area (Å²) in [6.45, 7) is -0.0857. The van der Waals surface area contributed by atoms with Crippen LogP contribution in [0.4, 0.5) is 10.1 Å². The van der Waals surface area contributed by atoms with E-state index >= 15 is 4.39 Å². The number of anilines is 1. The van der Waals surface area contributed by atoms with Gasteiger partial charge in [0.15, 0.2) is 17.1 Å². The Morgan fingerprint density at radius 1 is 1.15 bits per heavy atom. The van der Waals surface area contributed by atoms with E-state index in [-0.39, 0.29) is 36.7 Å². The summed E-state index contributed by atoms with van der Waals surface area (Å²) in [5, 5.41) is 49.5. The van der Waals surface area contributed by atoms with Crippen LogP contribution in [0.1, 0.15) is 43.2 Å². The number of halogens is 1. The van der Waals surface area contributed by atoms with Crippen LogP contribution in [0.5, 0.6) is 5.75 Å². The molecule has 0 heterocycles. The van der Waals surface area contributed by atoms with Crippen LogP contribution in [-0.2, 0) is 25.6 Å². The number of aliphatic hydroxyl groups is 3. The molecule has 10 N–H and O–H groups in total. The number of primary amides is 1. The number of amides is 2. The molecule has 2 saturated carbocycles. The predicted octanol–water partition coefficient (Wildman–Crippen LogP) is -0.0291. The molecular weight excluding hydrogens is 515 g/mol. The highest BCUT2D eigenvalue weighted by atomic mass is 19.1. The Morgan fingerprint density at radius 2 is 1.82 bits per heavy atom. The Hall–Kier alpha value is -3.81. The van der Waals surface area contributed by atoms with Crippen LogP contribution in [0, 0.1) is 17.7 Å². The maximum atomic E-state index is 15.2. The van der Waals surface area contributed by atoms with E-state index in [4.69, 9.17) is 11.5 Å². The number of aromatic hydroxyl groups is 1. The fraction of sp³-hybridized carbons (Fsp3) is 0.462. The van der Waals surface area contributed by atoms with Crippen molar-refractivity contribution in [2.24, 2.45) is 23.3 Å². The third-order valence-corrected chi connectivity index (χ3v) is 8.38. The zero-order chi connectivity index (χ0) is 28.4. The van der Waals surface area contributed by atoms with Crippen LogP contribution in [0.15, 0.2) is 23.0 Å². The van der Waals surface area contributed by atoms with Crippen LogP contribution in [-0.4, -0.2) is 68.0 Å². The maximum Gasteiger partial charge on any atom is 0.255 e. The molecule has 12 nitrogen and oxygen atoms in total. The molecule has 1 aromatic rings. The van der Waals surface area contributed by atoms with Gasteiger partial charge in [-0.2, -0.15) is 0 Å². The lowest BCUT2D eigenvalue weighted by Gasteiger charge is -2.48. The Labute approximate surface area is 221 Å². The van der Waals surface area contributed by atoms with Crippen LogP contribution in [0.2, 0.25) is 0 Å². The van der Waals surface area contributed by atoms with Gasteiger partial charge in [-0.15, -0.1) is 0 Å². The summed E-state index contributed by atoms with van der Waals surface area (Å²) in [5.41, 5.74) is 5.87. The standard InChI is InChI=1S/C26H29FN4O8/c27-13-7-14(31-15(32)8-30-10-3-1-2-4-10)20(33)17-11(13)5-9-6-12-19(28)22(35)18(25(29)38)24(37)26(12,39)23(36)16(9)21(17)34/h7,9-10,12,19,30,33-34,37,39H,1-6,8,28H2,(H2,29,38)(H,31,32)/t9-,12-,19-,26-/m0/s1. The van der Waals surface area contributed by atoms with Crippen LogP contribution >= 0.6 is 0 Å². The number of ketones is 2. The number of phenols is 1. The number of nitrogens with two attached hydrogens (primary N) is 2. The highest BCUT2D eigenvalue weighted by molar-refractivity contribution is 6.24. The van der Waals surface area contributed by atoms with Gasteiger partial charge < -0.3 is 42.5 Å². The lowest BCUT2D eigenvalue weighted by molar-refractivity contribution is -0.149. The van der Waals surface area contributed by atoms with E-state index < -0.39 is 86.7 Å². The average molecular weight is 545 g/mol. The first-order valence-corrected chi connectivity index (χ1v) is 12.7. The van der Waals surface area contributed by atoms with E-state index in [0.717, 1.165) is 31.7 Å². The minimum Gasteiger partial charge on any atom is -0.508 e. The van der Waals surface area contributed by atoms with Gasteiger partial charge in [0.05, 0.1) is 23.8 Å². The van der Waals surface area contributed by atoms with E-state index in [1.165, 1.54) is 0 Å². The molecule has 13 heteroatoms. The second-order valence-electron chi connectivity index (χ2n) is 10.6. The third-order valence-electron chi connectivity index (χ3n) is 8.38. The number of carbonyl (C=O) groups excluding carboxylic acids is 4. The van der Waals surface area contributed by atoms with Crippen molar-refractivity contribution in [3.05, 3.63) is 39.9 Å². The molecule has 2 amide bonds. The highest BCUT2D eigenvalue weighted by Gasteiger charge is 2.63. The predicted molar refractivity (Wildman–Crippen MR) is 134 cm³/mol. The molecule has 5 rings (SSSR count). The molecule has 0 radical (unpaired) electrons. The second-order valence-corrected chi connectivity index (χ2v) is 10.6. The lowest BCUT2D eigenvalue weighted by Crippen LogP contribution is -2.65. The number of rotatable bonds is 5. The highest BCUT2D eigenvalue weighted by Crippen LogP contribution is 2.52. The molecule has 4 atom stereocenters. The zero-order valence-electron chi connectivity index (χ0n) is 20.8. The number of carbonyl (C=O) groups is 4. The molecule has 0 aromatic heterocycles. The molecule has 0 unspecified atom stereocenters. The van der Waals surface area contributed by atoms with E-state index in [9.17, 15) is 39.6 Å². The quantitative estimate of drug-likeness (QED) is 0.182. The molecule has 0 bridgehead atoms. The second kappa shape index (κ2) is 9.43. The molecule has 2 fully saturated rings. The summed E-state index contributed by atoms with van der Waals surface area (Å²) in [6, 6.07) is -0.494. The summed E-state index contributed by atoms with van der Waals surface area (Å²) >= 11 is 0. The molecule has 39 heavy (non-hydrogen) atoms. The van der Waals surface area contributed by atoms with Gasteiger partial charge in [-0.05, 0) is 31.6 Å². The van der Waals surface area contributed by atoms with E-state index in [2.05, 4.69) is 10.6 Å². The average Bonchev–Trinajstić information content (AvgIpc) is 3.40. The summed E-state index contributed by atoms with van der Waals surface area (Å²) in [6.07, 6.45) is 3.51. The van der Waals surface area contributed by atoms with Crippen molar-refractivity contribution in [2.45, 2.75) is 56.2 Å². The molecule has 208 valence electrons. The van der Waals surface area contributed by atoms with Crippen LogP contribution in [0.3, 0.4) is 0 Å². The van der Waals surface area contributed by atoms with Crippen LogP contribution < -0.4 is 22.1 Å². The van der Waals surface area contributed by atoms with Gasteiger partial charge in [-0.3, -0.25) is 19.2 Å². The minimum atomic E-state index is -2.86. The monoisotopic (exact) mass is 544 g/mol. The number of aliphatic hydroxyl groups excluding tert-OH is 2. The van der Waals surface area contributed by atoms with Gasteiger partial charge in [0.25, 0.3) is 5.91 Å². The fourth-order valence-corrected chi connectivity index (χ4v) is 6.40. The van der Waals surface area contributed by atoms with Gasteiger partial charge in [-0.1, -0.05) is 12.8 Å². The van der Waals surface area contributed by atoms with Crippen molar-refractivity contribution in [2.75, 3.05) is 11.9 Å². The normalized spacial score (nSPS) is 28.7. The van der Waals surface area contributed by atoms with Crippen molar-refractivity contribution in [3.63, 3.8) is 0 Å². The van der Waals surface area contributed by atoms with Crippen LogP contribution in [0.25, 0.3) is 5.76 Å². The number of hydrogen-bond donors (Lipinski definition) is 8.